The minimum atomic E-state index is -0.561. The molecule has 3 aromatic rings. The molecule has 0 atom stereocenters. The lowest BCUT2D eigenvalue weighted by Gasteiger charge is -2.10. The summed E-state index contributed by atoms with van der Waals surface area (Å²) in [5, 5.41) is 19.0. The fourth-order valence-corrected chi connectivity index (χ4v) is 2.87. The highest BCUT2D eigenvalue weighted by molar-refractivity contribution is 9.10. The molecule has 2 N–H and O–H groups in total. The number of hydrogen-bond acceptors (Lipinski definition) is 4. The predicted molar refractivity (Wildman–Crippen MR) is 97.2 cm³/mol. The molecule has 25 heavy (non-hydrogen) atoms. The van der Waals surface area contributed by atoms with Crippen molar-refractivity contribution in [3.8, 4) is 5.88 Å². The maximum atomic E-state index is 12.1. The van der Waals surface area contributed by atoms with Gasteiger partial charge in [0.05, 0.1) is 19.6 Å². The van der Waals surface area contributed by atoms with E-state index in [1.165, 1.54) is 6.20 Å². The maximum absolute atomic E-state index is 12.1. The van der Waals surface area contributed by atoms with Crippen LogP contribution in [-0.2, 0) is 6.67 Å². The van der Waals surface area contributed by atoms with Crippen molar-refractivity contribution < 1.29 is 14.8 Å². The molecule has 7 nitrogen and oxygen atoms in total. The first kappa shape index (κ1) is 17.2. The van der Waals surface area contributed by atoms with Crippen molar-refractivity contribution in [3.63, 3.8) is 0 Å². The Kier molecular flexibility index (Phi) is 4.91. The van der Waals surface area contributed by atoms with E-state index in [-0.39, 0.29) is 17.3 Å². The Morgan fingerprint density at radius 2 is 2.12 bits per heavy atom. The Bertz CT molecular complexity index is 951. The largest absolute Gasteiger partial charge is 0.493 e. The molecule has 0 aliphatic heterocycles. The monoisotopic (exact) mass is 402 g/mol. The second kappa shape index (κ2) is 7.12. The first-order valence-electron chi connectivity index (χ1n) is 7.64. The smallest absolute Gasteiger partial charge is 0.313 e. The molecule has 0 saturated heterocycles. The van der Waals surface area contributed by atoms with Crippen molar-refractivity contribution >= 4 is 38.4 Å². The van der Waals surface area contributed by atoms with Gasteiger partial charge in [0.15, 0.2) is 12.4 Å². The molecule has 1 amide bonds. The fourth-order valence-electron chi connectivity index (χ4n) is 2.51. The predicted octanol–water partition coefficient (Wildman–Crippen LogP) is 2.53. The molecule has 8 heteroatoms. The van der Waals surface area contributed by atoms with E-state index in [1.54, 1.807) is 22.8 Å². The standard InChI is InChI=1S/C17H16BrN5O2/c1-22(2)10-23-14-7-6-11(18)9-12(14)15(17(23)25)20-21-16(24)13-5-3-4-8-19-13/h3-9,25H,10H2,1-2H3/p+1. The number of carbonyl (C=O) groups excluding carboxylic acids is 1. The zero-order chi connectivity index (χ0) is 18.0. The van der Waals surface area contributed by atoms with Crippen LogP contribution in [0.2, 0.25) is 0 Å². The van der Waals surface area contributed by atoms with Gasteiger partial charge in [0.2, 0.25) is 5.88 Å². The minimum absolute atomic E-state index is 0.0214. The van der Waals surface area contributed by atoms with Crippen LogP contribution in [0.3, 0.4) is 0 Å². The lowest BCUT2D eigenvalue weighted by atomic mass is 10.2. The van der Waals surface area contributed by atoms with Crippen molar-refractivity contribution in [2.75, 3.05) is 14.1 Å². The molecule has 2 aromatic heterocycles. The van der Waals surface area contributed by atoms with Gasteiger partial charge in [0, 0.05) is 16.1 Å². The van der Waals surface area contributed by atoms with E-state index in [4.69, 9.17) is 0 Å². The van der Waals surface area contributed by atoms with Crippen LogP contribution in [0.5, 0.6) is 5.88 Å². The molecular formula is C17H17BrN5O2+. The van der Waals surface area contributed by atoms with Gasteiger partial charge < -0.3 is 10.0 Å². The van der Waals surface area contributed by atoms with Crippen LogP contribution in [0.15, 0.2) is 57.3 Å². The summed E-state index contributed by atoms with van der Waals surface area (Å²) in [5.74, 6) is -0.582. The summed E-state index contributed by atoms with van der Waals surface area (Å²) in [7, 11) is 3.96. The highest BCUT2D eigenvalue weighted by atomic mass is 79.9. The summed E-state index contributed by atoms with van der Waals surface area (Å²) in [6.07, 6.45) is 1.52. The highest BCUT2D eigenvalue weighted by Gasteiger charge is 2.19. The molecule has 0 spiro atoms. The van der Waals surface area contributed by atoms with Crippen LogP contribution in [0.4, 0.5) is 5.69 Å². The van der Waals surface area contributed by atoms with Crippen molar-refractivity contribution in [2.45, 2.75) is 6.67 Å². The Labute approximate surface area is 152 Å². The lowest BCUT2D eigenvalue weighted by Crippen LogP contribution is -3.04. The third kappa shape index (κ3) is 3.59. The Morgan fingerprint density at radius 1 is 1.32 bits per heavy atom. The van der Waals surface area contributed by atoms with Crippen molar-refractivity contribution in [1.82, 2.24) is 9.55 Å². The third-order valence-corrected chi connectivity index (χ3v) is 4.06. The lowest BCUT2D eigenvalue weighted by molar-refractivity contribution is -0.882. The molecular weight excluding hydrogens is 386 g/mol. The molecule has 0 saturated carbocycles. The van der Waals surface area contributed by atoms with E-state index in [0.717, 1.165) is 14.9 Å². The SMILES string of the molecule is C[NH+](C)Cn1c(O)c(N=NC(=O)c2ccccn2)c2cc(Br)ccc21. The molecule has 3 rings (SSSR count). The Hall–Kier alpha value is -2.58. The number of hydrogen-bond donors (Lipinski definition) is 2. The normalized spacial score (nSPS) is 11.7. The number of nitrogens with zero attached hydrogens (tertiary/aromatic N) is 4. The van der Waals surface area contributed by atoms with Crippen molar-refractivity contribution in [3.05, 3.63) is 52.8 Å². The van der Waals surface area contributed by atoms with E-state index >= 15 is 0 Å². The molecule has 0 aliphatic rings. The number of rotatable bonds is 4. The summed E-state index contributed by atoms with van der Waals surface area (Å²) in [4.78, 5) is 17.2. The molecule has 0 radical (unpaired) electrons. The number of nitrogens with one attached hydrogen (secondary N) is 1. The van der Waals surface area contributed by atoms with E-state index < -0.39 is 5.91 Å². The van der Waals surface area contributed by atoms with Crippen LogP contribution in [0.25, 0.3) is 10.9 Å². The Morgan fingerprint density at radius 3 is 2.80 bits per heavy atom. The molecule has 0 aliphatic carbocycles. The van der Waals surface area contributed by atoms with Crippen LogP contribution >= 0.6 is 15.9 Å². The summed E-state index contributed by atoms with van der Waals surface area (Å²) in [5.41, 5.74) is 1.29. The van der Waals surface area contributed by atoms with Gasteiger partial charge >= 0.3 is 5.91 Å². The van der Waals surface area contributed by atoms with Crippen LogP contribution in [0, 0.1) is 0 Å². The van der Waals surface area contributed by atoms with Crippen LogP contribution < -0.4 is 4.90 Å². The number of carbonyl (C=O) groups is 1. The summed E-state index contributed by atoms with van der Waals surface area (Å²) < 4.78 is 2.60. The number of pyridine rings is 1. The molecule has 0 bridgehead atoms. The topological polar surface area (TPSA) is 84.3 Å². The number of aromatic nitrogens is 2. The van der Waals surface area contributed by atoms with Gasteiger partial charge in [0.25, 0.3) is 0 Å². The number of aromatic hydroxyl groups is 1. The first-order valence-corrected chi connectivity index (χ1v) is 8.43. The van der Waals surface area contributed by atoms with Gasteiger partial charge in [-0.3, -0.25) is 14.3 Å². The fraction of sp³-hybridized carbons (Fsp3) is 0.176. The third-order valence-electron chi connectivity index (χ3n) is 3.57. The highest BCUT2D eigenvalue weighted by Crippen LogP contribution is 2.39. The van der Waals surface area contributed by atoms with Gasteiger partial charge in [0.1, 0.15) is 5.69 Å². The molecule has 2 heterocycles. The van der Waals surface area contributed by atoms with E-state index in [2.05, 4.69) is 31.1 Å². The summed E-state index contributed by atoms with van der Waals surface area (Å²) in [6.45, 7) is 0.549. The average molecular weight is 403 g/mol. The van der Waals surface area contributed by atoms with Crippen molar-refractivity contribution in [2.24, 2.45) is 10.2 Å². The number of fused-ring (bicyclic) bond motifs is 1. The average Bonchev–Trinajstić information content (AvgIpc) is 2.84. The number of amides is 1. The van der Waals surface area contributed by atoms with E-state index in [1.807, 2.05) is 32.3 Å². The first-order chi connectivity index (χ1) is 12.0. The van der Waals surface area contributed by atoms with Gasteiger partial charge in [-0.25, -0.2) is 0 Å². The minimum Gasteiger partial charge on any atom is -0.493 e. The van der Waals surface area contributed by atoms with Gasteiger partial charge in [-0.1, -0.05) is 22.0 Å². The van der Waals surface area contributed by atoms with Crippen LogP contribution in [-0.4, -0.2) is 34.7 Å². The van der Waals surface area contributed by atoms with Gasteiger partial charge in [-0.2, -0.15) is 0 Å². The zero-order valence-electron chi connectivity index (χ0n) is 13.8. The van der Waals surface area contributed by atoms with Gasteiger partial charge in [-0.15, -0.1) is 10.2 Å². The molecule has 1 aromatic carbocycles. The number of azo groups is 1. The summed E-state index contributed by atoms with van der Waals surface area (Å²) in [6, 6.07) is 10.6. The molecule has 0 unspecified atom stereocenters. The zero-order valence-corrected chi connectivity index (χ0v) is 15.4. The number of quaternary nitrogens is 1. The van der Waals surface area contributed by atoms with E-state index in [9.17, 15) is 9.90 Å². The maximum Gasteiger partial charge on any atom is 0.313 e. The van der Waals surface area contributed by atoms with Crippen molar-refractivity contribution in [1.29, 1.82) is 0 Å². The number of benzene rings is 1. The second-order valence-electron chi connectivity index (χ2n) is 5.85. The molecule has 128 valence electrons. The second-order valence-corrected chi connectivity index (χ2v) is 6.76. The molecule has 0 fully saturated rings. The van der Waals surface area contributed by atoms with Crippen LogP contribution in [0.1, 0.15) is 10.5 Å². The summed E-state index contributed by atoms with van der Waals surface area (Å²) >= 11 is 3.42. The quantitative estimate of drug-likeness (QED) is 0.657. The Balaban J connectivity index is 2.06. The van der Waals surface area contributed by atoms with Gasteiger partial charge in [-0.05, 0) is 30.3 Å². The number of halogens is 1. The van der Waals surface area contributed by atoms with E-state index in [0.29, 0.717) is 12.1 Å².